The van der Waals surface area contributed by atoms with Crippen LogP contribution >= 0.6 is 0 Å². The van der Waals surface area contributed by atoms with Gasteiger partial charge in [-0.1, -0.05) is 35.9 Å². The minimum absolute atomic E-state index is 0.0956. The SMILES string of the molecule is Cc1ccc(-n2nc3c(c2NC(=O)C2CC(=O)N(c4ccccc4C)C2)CS(=O)(=O)C3)c(C)c1. The second-order valence-electron chi connectivity index (χ2n) is 9.19. The van der Waals surface area contributed by atoms with E-state index in [4.69, 9.17) is 0 Å². The number of aromatic nitrogens is 2. The predicted octanol–water partition coefficient (Wildman–Crippen LogP) is 3.22. The van der Waals surface area contributed by atoms with Crippen LogP contribution in [-0.2, 0) is 30.9 Å². The number of carbonyl (C=O) groups excluding carboxylic acids is 2. The lowest BCUT2D eigenvalue weighted by Gasteiger charge is -2.19. The number of amides is 2. The van der Waals surface area contributed by atoms with E-state index in [0.717, 1.165) is 28.1 Å². The second-order valence-corrected chi connectivity index (χ2v) is 11.3. The maximum absolute atomic E-state index is 13.3. The highest BCUT2D eigenvalue weighted by atomic mass is 32.2. The summed E-state index contributed by atoms with van der Waals surface area (Å²) in [5, 5.41) is 7.50. The number of fused-ring (bicyclic) bond motifs is 1. The molecule has 3 heterocycles. The Bertz CT molecular complexity index is 1440. The lowest BCUT2D eigenvalue weighted by Crippen LogP contribution is -2.29. The van der Waals surface area contributed by atoms with Crippen molar-refractivity contribution in [3.63, 3.8) is 0 Å². The first-order valence-electron chi connectivity index (χ1n) is 11.2. The fourth-order valence-corrected chi connectivity index (χ4v) is 6.28. The van der Waals surface area contributed by atoms with Gasteiger partial charge in [0.15, 0.2) is 9.84 Å². The van der Waals surface area contributed by atoms with Gasteiger partial charge in [-0.25, -0.2) is 13.1 Å². The molecule has 1 atom stereocenters. The summed E-state index contributed by atoms with van der Waals surface area (Å²) in [4.78, 5) is 27.7. The van der Waals surface area contributed by atoms with Gasteiger partial charge in [-0.15, -0.1) is 0 Å². The lowest BCUT2D eigenvalue weighted by atomic mass is 10.1. The highest BCUT2D eigenvalue weighted by Gasteiger charge is 2.38. The minimum Gasteiger partial charge on any atom is -0.311 e. The van der Waals surface area contributed by atoms with Gasteiger partial charge in [0, 0.05) is 24.2 Å². The highest BCUT2D eigenvalue weighted by Crippen LogP contribution is 2.35. The average Bonchev–Trinajstić information content (AvgIpc) is 3.39. The van der Waals surface area contributed by atoms with Crippen molar-refractivity contribution in [1.82, 2.24) is 9.78 Å². The molecule has 1 fully saturated rings. The Morgan fingerprint density at radius 2 is 1.79 bits per heavy atom. The van der Waals surface area contributed by atoms with Crippen LogP contribution in [0.4, 0.5) is 11.5 Å². The lowest BCUT2D eigenvalue weighted by molar-refractivity contribution is -0.122. The quantitative estimate of drug-likeness (QED) is 0.621. The first-order valence-corrected chi connectivity index (χ1v) is 13.0. The smallest absolute Gasteiger partial charge is 0.230 e. The molecule has 0 bridgehead atoms. The second kappa shape index (κ2) is 8.09. The van der Waals surface area contributed by atoms with Crippen molar-refractivity contribution in [2.75, 3.05) is 16.8 Å². The van der Waals surface area contributed by atoms with Gasteiger partial charge in [-0.2, -0.15) is 5.10 Å². The fourth-order valence-electron chi connectivity index (χ4n) is 4.79. The van der Waals surface area contributed by atoms with Gasteiger partial charge in [0.2, 0.25) is 11.8 Å². The molecule has 8 nitrogen and oxygen atoms in total. The van der Waals surface area contributed by atoms with Gasteiger partial charge in [0.25, 0.3) is 0 Å². The van der Waals surface area contributed by atoms with Crippen molar-refractivity contribution in [3.05, 3.63) is 70.4 Å². The van der Waals surface area contributed by atoms with Crippen LogP contribution in [0.3, 0.4) is 0 Å². The van der Waals surface area contributed by atoms with Gasteiger partial charge in [0.1, 0.15) is 5.82 Å². The van der Waals surface area contributed by atoms with Crippen molar-refractivity contribution in [2.24, 2.45) is 5.92 Å². The molecule has 0 radical (unpaired) electrons. The Hall–Kier alpha value is -3.46. The van der Waals surface area contributed by atoms with Crippen LogP contribution in [0.25, 0.3) is 5.69 Å². The van der Waals surface area contributed by atoms with E-state index in [1.54, 1.807) is 9.58 Å². The zero-order valence-electron chi connectivity index (χ0n) is 19.3. The van der Waals surface area contributed by atoms with Crippen LogP contribution in [0.15, 0.2) is 42.5 Å². The van der Waals surface area contributed by atoms with Gasteiger partial charge in [0.05, 0.1) is 28.8 Å². The first-order chi connectivity index (χ1) is 16.1. The largest absolute Gasteiger partial charge is 0.311 e. The van der Waals surface area contributed by atoms with Crippen molar-refractivity contribution in [3.8, 4) is 5.69 Å². The highest BCUT2D eigenvalue weighted by molar-refractivity contribution is 7.90. The molecule has 2 aromatic carbocycles. The molecule has 0 saturated carbocycles. The Kier molecular flexibility index (Phi) is 5.31. The number of hydrogen-bond donors (Lipinski definition) is 1. The van der Waals surface area contributed by atoms with E-state index in [1.807, 2.05) is 63.2 Å². The topological polar surface area (TPSA) is 101 Å². The number of para-hydroxylation sites is 1. The van der Waals surface area contributed by atoms with Crippen molar-refractivity contribution < 1.29 is 18.0 Å². The van der Waals surface area contributed by atoms with E-state index in [1.165, 1.54) is 0 Å². The summed E-state index contributed by atoms with van der Waals surface area (Å²) in [7, 11) is -3.30. The summed E-state index contributed by atoms with van der Waals surface area (Å²) in [6.45, 7) is 6.15. The zero-order valence-corrected chi connectivity index (χ0v) is 20.1. The van der Waals surface area contributed by atoms with Crippen LogP contribution in [0.2, 0.25) is 0 Å². The van der Waals surface area contributed by atoms with E-state index in [-0.39, 0.29) is 36.3 Å². The van der Waals surface area contributed by atoms with E-state index >= 15 is 0 Å². The number of sulfone groups is 1. The standard InChI is InChI=1S/C25H26N4O4S/c1-15-8-9-22(17(3)10-15)29-24(19-13-34(32,33)14-20(19)27-29)26-25(31)18-11-23(30)28(12-18)21-7-5-4-6-16(21)2/h4-10,18H,11-14H2,1-3H3,(H,26,31). The van der Waals surface area contributed by atoms with Crippen molar-refractivity contribution in [1.29, 1.82) is 0 Å². The molecule has 2 aliphatic rings. The van der Waals surface area contributed by atoms with Crippen LogP contribution < -0.4 is 10.2 Å². The molecule has 5 rings (SSSR count). The third-order valence-corrected chi connectivity index (χ3v) is 7.95. The Morgan fingerprint density at radius 3 is 2.53 bits per heavy atom. The van der Waals surface area contributed by atoms with E-state index in [9.17, 15) is 18.0 Å². The predicted molar refractivity (Wildman–Crippen MR) is 130 cm³/mol. The van der Waals surface area contributed by atoms with Gasteiger partial charge in [-0.3, -0.25) is 9.59 Å². The van der Waals surface area contributed by atoms with Crippen LogP contribution in [0, 0.1) is 26.7 Å². The molecule has 176 valence electrons. The van der Waals surface area contributed by atoms with E-state index in [0.29, 0.717) is 17.1 Å². The average molecular weight is 479 g/mol. The summed E-state index contributed by atoms with van der Waals surface area (Å²) in [6.07, 6.45) is 0.0956. The number of nitrogens with zero attached hydrogens (tertiary/aromatic N) is 3. The molecule has 3 aromatic rings. The van der Waals surface area contributed by atoms with Crippen LogP contribution in [0.1, 0.15) is 34.4 Å². The number of benzene rings is 2. The molecule has 1 saturated heterocycles. The Labute approximate surface area is 198 Å². The molecule has 2 aliphatic heterocycles. The van der Waals surface area contributed by atoms with Gasteiger partial charge in [-0.05, 0) is 44.0 Å². The maximum atomic E-state index is 13.3. The first kappa shape index (κ1) is 22.3. The van der Waals surface area contributed by atoms with Crippen LogP contribution in [0.5, 0.6) is 0 Å². The molecule has 2 amide bonds. The molecule has 0 aliphatic carbocycles. The molecule has 34 heavy (non-hydrogen) atoms. The van der Waals surface area contributed by atoms with Crippen molar-refractivity contribution >= 4 is 33.2 Å². The Morgan fingerprint density at radius 1 is 1.03 bits per heavy atom. The number of carbonyl (C=O) groups is 2. The number of nitrogens with one attached hydrogen (secondary N) is 1. The van der Waals surface area contributed by atoms with Gasteiger partial charge >= 0.3 is 0 Å². The Balaban J connectivity index is 1.47. The normalized spacial score (nSPS) is 18.9. The van der Waals surface area contributed by atoms with E-state index < -0.39 is 15.8 Å². The molecule has 1 N–H and O–H groups in total. The van der Waals surface area contributed by atoms with Gasteiger partial charge < -0.3 is 10.2 Å². The maximum Gasteiger partial charge on any atom is 0.230 e. The fraction of sp³-hybridized carbons (Fsp3) is 0.320. The summed E-state index contributed by atoms with van der Waals surface area (Å²) in [5.74, 6) is -0.918. The monoisotopic (exact) mass is 478 g/mol. The summed E-state index contributed by atoms with van der Waals surface area (Å²) < 4.78 is 26.2. The summed E-state index contributed by atoms with van der Waals surface area (Å²) in [6, 6.07) is 13.5. The van der Waals surface area contributed by atoms with Crippen LogP contribution in [-0.4, -0.2) is 36.6 Å². The molecule has 9 heteroatoms. The minimum atomic E-state index is -3.30. The number of anilines is 2. The molecular formula is C25H26N4O4S. The van der Waals surface area contributed by atoms with Crippen molar-refractivity contribution in [2.45, 2.75) is 38.7 Å². The number of rotatable bonds is 4. The van der Waals surface area contributed by atoms with E-state index in [2.05, 4.69) is 10.4 Å². The number of aryl methyl sites for hydroxylation is 3. The summed E-state index contributed by atoms with van der Waals surface area (Å²) >= 11 is 0. The molecular weight excluding hydrogens is 452 g/mol. The molecule has 1 unspecified atom stereocenters. The third-order valence-electron chi connectivity index (χ3n) is 6.51. The summed E-state index contributed by atoms with van der Waals surface area (Å²) in [5.41, 5.74) is 5.57. The zero-order chi connectivity index (χ0) is 24.2. The number of hydrogen-bond acceptors (Lipinski definition) is 5. The third kappa shape index (κ3) is 3.90. The molecule has 1 aromatic heterocycles. The molecule has 0 spiro atoms.